The van der Waals surface area contributed by atoms with Crippen molar-refractivity contribution in [3.63, 3.8) is 0 Å². The van der Waals surface area contributed by atoms with Crippen LogP contribution in [0.25, 0.3) is 0 Å². The summed E-state index contributed by atoms with van der Waals surface area (Å²) in [6.07, 6.45) is 14.4. The molecule has 0 aromatic rings. The molecule has 0 unspecified atom stereocenters. The standard InChI is InChI=1S/C12H26.Na.H2O4S/c1-3-5-7-9-11-12-10-8-6-4-2;;1-5(2,3)4/h3-12H2,1-2H3;;(H2,1,2,3,4)/q;+1;/p-2. The van der Waals surface area contributed by atoms with Crippen molar-refractivity contribution in [1.29, 1.82) is 0 Å². The van der Waals surface area contributed by atoms with Gasteiger partial charge in [0.1, 0.15) is 0 Å². The van der Waals surface area contributed by atoms with Gasteiger partial charge in [-0.05, 0) is 0 Å². The van der Waals surface area contributed by atoms with E-state index in [4.69, 9.17) is 17.5 Å². The summed E-state index contributed by atoms with van der Waals surface area (Å²) in [5.41, 5.74) is 0. The molecule has 0 fully saturated rings. The van der Waals surface area contributed by atoms with Gasteiger partial charge in [0.05, 0.1) is 0 Å². The molecule has 0 spiro atoms. The van der Waals surface area contributed by atoms with Gasteiger partial charge in [0.25, 0.3) is 0 Å². The molecule has 0 radical (unpaired) electrons. The molecule has 0 aromatic carbocycles. The summed E-state index contributed by atoms with van der Waals surface area (Å²) >= 11 is 0. The van der Waals surface area contributed by atoms with Crippen LogP contribution in [0.15, 0.2) is 0 Å². The van der Waals surface area contributed by atoms with E-state index in [2.05, 4.69) is 13.8 Å². The van der Waals surface area contributed by atoms with E-state index in [1.807, 2.05) is 0 Å². The molecule has 0 atom stereocenters. The first-order valence-corrected chi connectivity index (χ1v) is 7.91. The summed E-state index contributed by atoms with van der Waals surface area (Å²) in [5.74, 6) is 0. The third-order valence-electron chi connectivity index (χ3n) is 2.46. The van der Waals surface area contributed by atoms with Crippen LogP contribution in [0.2, 0.25) is 0 Å². The quantitative estimate of drug-likeness (QED) is 0.269. The van der Waals surface area contributed by atoms with Gasteiger partial charge in [0.2, 0.25) is 0 Å². The Labute approximate surface area is 135 Å². The van der Waals surface area contributed by atoms with Gasteiger partial charge in [-0.1, -0.05) is 78.1 Å². The summed E-state index contributed by atoms with van der Waals surface area (Å²) in [4.78, 5) is 0. The third kappa shape index (κ3) is 43.6. The minimum atomic E-state index is -5.17. The first kappa shape index (κ1) is 23.9. The molecule has 0 aromatic heterocycles. The second-order valence-electron chi connectivity index (χ2n) is 4.24. The molecule has 0 aliphatic carbocycles. The van der Waals surface area contributed by atoms with Crippen LogP contribution in [-0.2, 0) is 10.4 Å². The summed E-state index contributed by atoms with van der Waals surface area (Å²) in [7, 11) is -5.17. The average molecular weight is 289 g/mol. The first-order valence-electron chi connectivity index (χ1n) is 6.58. The third-order valence-corrected chi connectivity index (χ3v) is 2.46. The van der Waals surface area contributed by atoms with Gasteiger partial charge in [-0.25, -0.2) is 0 Å². The Hall–Kier alpha value is 0.870. The molecule has 0 heterocycles. The van der Waals surface area contributed by atoms with Crippen LogP contribution >= 0.6 is 0 Å². The van der Waals surface area contributed by atoms with Gasteiger partial charge in [0.15, 0.2) is 0 Å². The van der Waals surface area contributed by atoms with Gasteiger partial charge in [-0.2, -0.15) is 0 Å². The van der Waals surface area contributed by atoms with Crippen LogP contribution in [0.5, 0.6) is 0 Å². The van der Waals surface area contributed by atoms with E-state index in [9.17, 15) is 0 Å². The van der Waals surface area contributed by atoms with Crippen LogP contribution in [0.3, 0.4) is 0 Å². The number of unbranched alkanes of at least 4 members (excludes halogenated alkanes) is 9. The zero-order valence-electron chi connectivity index (χ0n) is 12.1. The average Bonchev–Trinajstić information content (AvgIpc) is 2.20. The molecule has 0 rings (SSSR count). The largest absolute Gasteiger partial charge is 1.00 e. The monoisotopic (exact) mass is 289 g/mol. The van der Waals surface area contributed by atoms with Crippen LogP contribution in [-0.4, -0.2) is 17.5 Å². The number of hydrogen-bond acceptors (Lipinski definition) is 4. The van der Waals surface area contributed by atoms with Gasteiger partial charge < -0.3 is 9.11 Å². The van der Waals surface area contributed by atoms with Crippen molar-refractivity contribution in [2.45, 2.75) is 78.1 Å². The molecule has 0 aliphatic heterocycles. The summed E-state index contributed by atoms with van der Waals surface area (Å²) in [6, 6.07) is 0. The topological polar surface area (TPSA) is 80.3 Å². The Kier molecular flexibility index (Phi) is 23.8. The summed E-state index contributed by atoms with van der Waals surface area (Å²) in [5, 5.41) is 0. The second-order valence-corrected chi connectivity index (χ2v) is 5.05. The van der Waals surface area contributed by atoms with Crippen molar-refractivity contribution >= 4 is 10.4 Å². The maximum atomic E-state index is 8.52. The van der Waals surface area contributed by atoms with Crippen LogP contribution in [0.1, 0.15) is 78.1 Å². The summed E-state index contributed by atoms with van der Waals surface area (Å²) < 4.78 is 34.1. The fourth-order valence-corrected chi connectivity index (χ4v) is 1.56. The van der Waals surface area contributed by atoms with Crippen LogP contribution in [0.4, 0.5) is 0 Å². The van der Waals surface area contributed by atoms with Crippen LogP contribution in [0, 0.1) is 0 Å². The van der Waals surface area contributed by atoms with E-state index in [-0.39, 0.29) is 29.6 Å². The Bertz CT molecular complexity index is 212. The van der Waals surface area contributed by atoms with E-state index >= 15 is 0 Å². The molecule has 106 valence electrons. The molecule has 0 aliphatic rings. The fraction of sp³-hybridized carbons (Fsp3) is 1.00. The van der Waals surface area contributed by atoms with Crippen molar-refractivity contribution in [3.8, 4) is 0 Å². The predicted molar refractivity (Wildman–Crippen MR) is 68.0 cm³/mol. The number of rotatable bonds is 9. The Morgan fingerprint density at radius 2 is 0.833 bits per heavy atom. The first-order chi connectivity index (χ1) is 7.91. The number of hydrogen-bond donors (Lipinski definition) is 0. The minimum absolute atomic E-state index is 0. The molecule has 0 amide bonds. The van der Waals surface area contributed by atoms with E-state index in [1.54, 1.807) is 0 Å². The van der Waals surface area contributed by atoms with Gasteiger partial charge >= 0.3 is 29.6 Å². The Morgan fingerprint density at radius 1 is 0.667 bits per heavy atom. The zero-order chi connectivity index (χ0) is 13.6. The molecule has 4 nitrogen and oxygen atoms in total. The molecular formula is C12H26NaO4S-. The van der Waals surface area contributed by atoms with Gasteiger partial charge in [0, 0.05) is 10.4 Å². The predicted octanol–water partition coefficient (Wildman–Crippen LogP) is 0.593. The smallest absolute Gasteiger partial charge is 0.759 e. The molecule has 0 N–H and O–H groups in total. The van der Waals surface area contributed by atoms with Gasteiger partial charge in [-0.15, -0.1) is 0 Å². The van der Waals surface area contributed by atoms with Crippen molar-refractivity contribution < 1.29 is 47.1 Å². The van der Waals surface area contributed by atoms with Crippen molar-refractivity contribution in [1.82, 2.24) is 0 Å². The Morgan fingerprint density at radius 3 is 1.00 bits per heavy atom. The van der Waals surface area contributed by atoms with E-state index < -0.39 is 10.4 Å². The zero-order valence-corrected chi connectivity index (χ0v) is 14.9. The Balaban J connectivity index is -0.000000321. The molecule has 0 saturated heterocycles. The fourth-order valence-electron chi connectivity index (χ4n) is 1.56. The molecular weight excluding hydrogens is 263 g/mol. The molecule has 0 saturated carbocycles. The van der Waals surface area contributed by atoms with Crippen molar-refractivity contribution in [2.24, 2.45) is 0 Å². The van der Waals surface area contributed by atoms with Crippen molar-refractivity contribution in [2.75, 3.05) is 0 Å². The molecule has 0 bridgehead atoms. The maximum Gasteiger partial charge on any atom is 1.00 e. The molecule has 6 heteroatoms. The minimum Gasteiger partial charge on any atom is -0.759 e. The van der Waals surface area contributed by atoms with E-state index in [1.165, 1.54) is 64.2 Å². The summed E-state index contributed by atoms with van der Waals surface area (Å²) in [6.45, 7) is 4.56. The van der Waals surface area contributed by atoms with Crippen molar-refractivity contribution in [3.05, 3.63) is 0 Å². The SMILES string of the molecule is CCCCCCCCCCCC.O=S(=O)([O-])[O-].[Na+]. The second kappa shape index (κ2) is 17.9. The molecule has 18 heavy (non-hydrogen) atoms. The normalized spacial score (nSPS) is 10.2. The van der Waals surface area contributed by atoms with Gasteiger partial charge in [-0.3, -0.25) is 8.42 Å². The maximum absolute atomic E-state index is 8.52. The van der Waals surface area contributed by atoms with E-state index in [0.717, 1.165) is 0 Å². The van der Waals surface area contributed by atoms with E-state index in [0.29, 0.717) is 0 Å². The van der Waals surface area contributed by atoms with Crippen LogP contribution < -0.4 is 29.6 Å².